The van der Waals surface area contributed by atoms with Gasteiger partial charge in [-0.05, 0) is 49.8 Å². The standard InChI is InChI=1S/C22H27N3O3S/c1-13-8-9-15-18(12-13)29-22-19(15)21(26)24-20(25-22)14(2)23-10-11-28-17-7-5-4-6-16(17)27-3/h4-7,13-14,23H,8-12H2,1-3H3,(H,24,25,26)/p+1/t13-,14-/m1/s1. The van der Waals surface area contributed by atoms with Gasteiger partial charge in [-0.25, -0.2) is 4.98 Å². The lowest BCUT2D eigenvalue weighted by Crippen LogP contribution is -2.86. The molecular formula is C22H28N3O3S+. The van der Waals surface area contributed by atoms with Crippen LogP contribution < -0.4 is 20.3 Å². The molecule has 4 rings (SSSR count). The van der Waals surface area contributed by atoms with Gasteiger partial charge in [-0.15, -0.1) is 11.3 Å². The zero-order chi connectivity index (χ0) is 20.4. The summed E-state index contributed by atoms with van der Waals surface area (Å²) in [5, 5.41) is 2.95. The highest BCUT2D eigenvalue weighted by atomic mass is 32.1. The van der Waals surface area contributed by atoms with Crippen molar-refractivity contribution < 1.29 is 14.8 Å². The molecule has 0 aliphatic heterocycles. The SMILES string of the molecule is COc1ccccc1OCC[NH2+][C@H](C)c1nc2sc3c(c2c(=O)[nH]1)CC[C@@H](C)C3. The molecule has 0 saturated carbocycles. The van der Waals surface area contributed by atoms with Crippen LogP contribution in [-0.4, -0.2) is 30.2 Å². The first-order chi connectivity index (χ1) is 14.1. The quantitative estimate of drug-likeness (QED) is 0.583. The number of para-hydroxylation sites is 2. The van der Waals surface area contributed by atoms with Gasteiger partial charge in [0.25, 0.3) is 5.56 Å². The second kappa shape index (κ2) is 8.55. The van der Waals surface area contributed by atoms with Crippen LogP contribution in [0.1, 0.15) is 42.6 Å². The lowest BCUT2D eigenvalue weighted by molar-refractivity contribution is -0.694. The normalized spacial score (nSPS) is 17.1. The van der Waals surface area contributed by atoms with E-state index in [4.69, 9.17) is 14.5 Å². The van der Waals surface area contributed by atoms with Gasteiger partial charge in [0.15, 0.2) is 17.3 Å². The molecule has 1 aromatic carbocycles. The molecule has 2 heterocycles. The number of ether oxygens (including phenoxy) is 2. The molecule has 1 aliphatic carbocycles. The third-order valence-corrected chi connectivity index (χ3v) is 6.73. The number of nitrogens with zero attached hydrogens (tertiary/aromatic N) is 1. The maximum Gasteiger partial charge on any atom is 0.260 e. The number of rotatable bonds is 7. The van der Waals surface area contributed by atoms with Crippen molar-refractivity contribution >= 4 is 21.6 Å². The molecule has 6 nitrogen and oxygen atoms in total. The van der Waals surface area contributed by atoms with Gasteiger partial charge in [0.2, 0.25) is 0 Å². The van der Waals surface area contributed by atoms with Gasteiger partial charge < -0.3 is 19.8 Å². The fraction of sp³-hybridized carbons (Fsp3) is 0.455. The van der Waals surface area contributed by atoms with Crippen molar-refractivity contribution in [1.82, 2.24) is 9.97 Å². The summed E-state index contributed by atoms with van der Waals surface area (Å²) in [5.41, 5.74) is 1.23. The van der Waals surface area contributed by atoms with Crippen molar-refractivity contribution in [2.24, 2.45) is 5.92 Å². The molecule has 1 aliphatic rings. The van der Waals surface area contributed by atoms with Gasteiger partial charge in [-0.2, -0.15) is 0 Å². The summed E-state index contributed by atoms with van der Waals surface area (Å²) in [6.07, 6.45) is 3.20. The molecule has 2 aromatic heterocycles. The van der Waals surface area contributed by atoms with Gasteiger partial charge in [0, 0.05) is 4.88 Å². The van der Waals surface area contributed by atoms with Gasteiger partial charge in [-0.3, -0.25) is 4.79 Å². The van der Waals surface area contributed by atoms with E-state index in [0.717, 1.165) is 53.3 Å². The fourth-order valence-corrected chi connectivity index (χ4v) is 5.31. The number of benzene rings is 1. The predicted octanol–water partition coefficient (Wildman–Crippen LogP) is 2.82. The highest BCUT2D eigenvalue weighted by Crippen LogP contribution is 2.35. The smallest absolute Gasteiger partial charge is 0.260 e. The van der Waals surface area contributed by atoms with Crippen LogP contribution in [0.15, 0.2) is 29.1 Å². The molecule has 3 N–H and O–H groups in total. The number of hydrogen-bond donors (Lipinski definition) is 2. The van der Waals surface area contributed by atoms with Gasteiger partial charge in [0.1, 0.15) is 24.0 Å². The van der Waals surface area contributed by atoms with E-state index in [2.05, 4.69) is 24.1 Å². The monoisotopic (exact) mass is 414 g/mol. The summed E-state index contributed by atoms with van der Waals surface area (Å²) in [7, 11) is 1.64. The fourth-order valence-electron chi connectivity index (χ4n) is 3.92. The Balaban J connectivity index is 1.42. The van der Waals surface area contributed by atoms with Crippen LogP contribution in [0.3, 0.4) is 0 Å². The average molecular weight is 415 g/mol. The Hall–Kier alpha value is -2.38. The molecule has 0 saturated heterocycles. The van der Waals surface area contributed by atoms with Crippen molar-refractivity contribution in [3.63, 3.8) is 0 Å². The topological polar surface area (TPSA) is 80.8 Å². The lowest BCUT2D eigenvalue weighted by atomic mass is 9.89. The van der Waals surface area contributed by atoms with Crippen LogP contribution in [0.5, 0.6) is 11.5 Å². The Morgan fingerprint density at radius 3 is 2.93 bits per heavy atom. The Kier molecular flexibility index (Phi) is 5.87. The number of thiophene rings is 1. The molecule has 0 radical (unpaired) electrons. The Bertz CT molecular complexity index is 1060. The van der Waals surface area contributed by atoms with Crippen LogP contribution in [-0.2, 0) is 12.8 Å². The van der Waals surface area contributed by atoms with E-state index in [0.29, 0.717) is 12.5 Å². The second-order valence-electron chi connectivity index (χ2n) is 7.80. The first kappa shape index (κ1) is 19.9. The Morgan fingerprint density at radius 2 is 2.14 bits per heavy atom. The summed E-state index contributed by atoms with van der Waals surface area (Å²) in [6.45, 7) is 5.63. The largest absolute Gasteiger partial charge is 0.493 e. The van der Waals surface area contributed by atoms with Crippen LogP contribution in [0.4, 0.5) is 0 Å². The van der Waals surface area contributed by atoms with E-state index in [1.807, 2.05) is 24.3 Å². The maximum atomic E-state index is 12.8. The van der Waals surface area contributed by atoms with Gasteiger partial charge in [0.05, 0.1) is 12.5 Å². The van der Waals surface area contributed by atoms with Gasteiger partial charge in [-0.1, -0.05) is 19.1 Å². The number of hydrogen-bond acceptors (Lipinski definition) is 5. The number of fused-ring (bicyclic) bond motifs is 3. The molecule has 0 fully saturated rings. The number of H-pyrrole nitrogens is 1. The zero-order valence-corrected chi connectivity index (χ0v) is 18.0. The molecule has 154 valence electrons. The minimum Gasteiger partial charge on any atom is -0.493 e. The highest BCUT2D eigenvalue weighted by molar-refractivity contribution is 7.18. The first-order valence-corrected chi connectivity index (χ1v) is 11.0. The van der Waals surface area contributed by atoms with Crippen LogP contribution in [0.2, 0.25) is 0 Å². The minimum absolute atomic E-state index is 0.00238. The van der Waals surface area contributed by atoms with Crippen molar-refractivity contribution in [2.75, 3.05) is 20.3 Å². The summed E-state index contributed by atoms with van der Waals surface area (Å²) >= 11 is 1.70. The van der Waals surface area contributed by atoms with E-state index >= 15 is 0 Å². The van der Waals surface area contributed by atoms with Crippen molar-refractivity contribution in [3.05, 3.63) is 50.9 Å². The summed E-state index contributed by atoms with van der Waals surface area (Å²) in [5.74, 6) is 2.88. The number of nitrogens with one attached hydrogen (secondary N) is 1. The van der Waals surface area contributed by atoms with Crippen LogP contribution >= 0.6 is 11.3 Å². The van der Waals surface area contributed by atoms with Crippen LogP contribution in [0, 0.1) is 5.92 Å². The first-order valence-electron chi connectivity index (χ1n) is 10.2. The number of aryl methyl sites for hydroxylation is 1. The predicted molar refractivity (Wildman–Crippen MR) is 115 cm³/mol. The molecule has 3 aromatic rings. The summed E-state index contributed by atoms with van der Waals surface area (Å²) in [4.78, 5) is 22.8. The maximum absolute atomic E-state index is 12.8. The number of aromatic nitrogens is 2. The summed E-state index contributed by atoms with van der Waals surface area (Å²) in [6, 6.07) is 7.67. The average Bonchev–Trinajstić information content (AvgIpc) is 3.09. The minimum atomic E-state index is 0.00238. The van der Waals surface area contributed by atoms with Gasteiger partial charge >= 0.3 is 0 Å². The van der Waals surface area contributed by atoms with E-state index in [1.54, 1.807) is 18.4 Å². The lowest BCUT2D eigenvalue weighted by Gasteiger charge is -2.17. The molecule has 0 unspecified atom stereocenters. The number of methoxy groups -OCH3 is 1. The van der Waals surface area contributed by atoms with Crippen molar-refractivity contribution in [2.45, 2.75) is 39.2 Å². The number of quaternary nitrogens is 1. The van der Waals surface area contributed by atoms with E-state index in [9.17, 15) is 4.79 Å². The Morgan fingerprint density at radius 1 is 1.34 bits per heavy atom. The Labute approximate surface area is 174 Å². The zero-order valence-electron chi connectivity index (χ0n) is 17.2. The molecule has 29 heavy (non-hydrogen) atoms. The molecule has 7 heteroatoms. The number of aromatic amines is 1. The highest BCUT2D eigenvalue weighted by Gasteiger charge is 2.24. The molecule has 2 atom stereocenters. The third kappa shape index (κ3) is 4.16. The second-order valence-corrected chi connectivity index (χ2v) is 8.88. The summed E-state index contributed by atoms with van der Waals surface area (Å²) < 4.78 is 11.1. The van der Waals surface area contributed by atoms with Crippen molar-refractivity contribution in [1.29, 1.82) is 0 Å². The van der Waals surface area contributed by atoms with Crippen LogP contribution in [0.25, 0.3) is 10.2 Å². The van der Waals surface area contributed by atoms with Crippen molar-refractivity contribution in [3.8, 4) is 11.5 Å². The molecule has 0 spiro atoms. The van der Waals surface area contributed by atoms with E-state index in [-0.39, 0.29) is 11.6 Å². The molecular weight excluding hydrogens is 386 g/mol. The third-order valence-electron chi connectivity index (χ3n) is 5.58. The molecule has 0 bridgehead atoms. The van der Waals surface area contributed by atoms with E-state index in [1.165, 1.54) is 10.4 Å². The van der Waals surface area contributed by atoms with E-state index < -0.39 is 0 Å². The molecule has 0 amide bonds. The number of nitrogens with two attached hydrogens (primary N) is 1.